The zero-order chi connectivity index (χ0) is 20.8. The molecular weight excluding hydrogens is 368 g/mol. The van der Waals surface area contributed by atoms with Gasteiger partial charge in [0, 0.05) is 44.9 Å². The third-order valence-corrected chi connectivity index (χ3v) is 5.82. The number of hydrogen-bond donors (Lipinski definition) is 1. The van der Waals surface area contributed by atoms with Crippen molar-refractivity contribution in [2.75, 3.05) is 52.1 Å². The van der Waals surface area contributed by atoms with Crippen LogP contribution in [-0.4, -0.2) is 79.2 Å². The van der Waals surface area contributed by atoms with E-state index < -0.39 is 0 Å². The van der Waals surface area contributed by atoms with Crippen molar-refractivity contribution >= 4 is 23.4 Å². The highest BCUT2D eigenvalue weighted by atomic mass is 16.2. The minimum absolute atomic E-state index is 0.0525. The van der Waals surface area contributed by atoms with Gasteiger partial charge in [0.05, 0.1) is 6.54 Å². The highest BCUT2D eigenvalue weighted by Gasteiger charge is 2.26. The SMILES string of the molecule is CN(C)C(=O)c1ccc(NC(=O)CN2CCC(CC(=O)N3CCCC3)CC2)cc1. The van der Waals surface area contributed by atoms with Crippen LogP contribution >= 0.6 is 0 Å². The minimum atomic E-state index is -0.0611. The Bertz CT molecular complexity index is 718. The molecule has 0 unspecified atom stereocenters. The molecule has 1 N–H and O–H groups in total. The van der Waals surface area contributed by atoms with Crippen molar-refractivity contribution in [2.24, 2.45) is 5.92 Å². The molecule has 2 aliphatic heterocycles. The fourth-order valence-corrected chi connectivity index (χ4v) is 4.05. The lowest BCUT2D eigenvalue weighted by molar-refractivity contribution is -0.131. The molecule has 0 atom stereocenters. The van der Waals surface area contributed by atoms with Gasteiger partial charge < -0.3 is 15.1 Å². The molecule has 3 rings (SSSR count). The van der Waals surface area contributed by atoms with Gasteiger partial charge in [-0.1, -0.05) is 0 Å². The van der Waals surface area contributed by atoms with Gasteiger partial charge in [-0.25, -0.2) is 0 Å². The molecule has 0 radical (unpaired) electrons. The van der Waals surface area contributed by atoms with Crippen LogP contribution in [-0.2, 0) is 9.59 Å². The first kappa shape index (κ1) is 21.3. The van der Waals surface area contributed by atoms with Gasteiger partial charge in [0.15, 0.2) is 0 Å². The number of nitrogens with one attached hydrogen (secondary N) is 1. The first-order valence-corrected chi connectivity index (χ1v) is 10.5. The molecule has 2 fully saturated rings. The summed E-state index contributed by atoms with van der Waals surface area (Å²) in [6.07, 6.45) is 4.85. The smallest absolute Gasteiger partial charge is 0.253 e. The number of rotatable bonds is 6. The highest BCUT2D eigenvalue weighted by Crippen LogP contribution is 2.22. The van der Waals surface area contributed by atoms with Crippen molar-refractivity contribution in [3.63, 3.8) is 0 Å². The molecule has 1 aromatic rings. The average Bonchev–Trinajstić information content (AvgIpc) is 3.24. The van der Waals surface area contributed by atoms with Crippen molar-refractivity contribution in [2.45, 2.75) is 32.1 Å². The number of carbonyl (C=O) groups excluding carboxylic acids is 3. The second-order valence-electron chi connectivity index (χ2n) is 8.34. The quantitative estimate of drug-likeness (QED) is 0.793. The molecule has 158 valence electrons. The minimum Gasteiger partial charge on any atom is -0.345 e. The molecule has 1 aromatic carbocycles. The van der Waals surface area contributed by atoms with Gasteiger partial charge in [-0.3, -0.25) is 19.3 Å². The lowest BCUT2D eigenvalue weighted by Crippen LogP contribution is -2.40. The maximum absolute atomic E-state index is 12.4. The van der Waals surface area contributed by atoms with Gasteiger partial charge in [0.25, 0.3) is 5.91 Å². The van der Waals surface area contributed by atoms with Gasteiger partial charge in [-0.15, -0.1) is 0 Å². The summed E-state index contributed by atoms with van der Waals surface area (Å²) < 4.78 is 0. The normalized spacial score (nSPS) is 17.9. The summed E-state index contributed by atoms with van der Waals surface area (Å²) in [6, 6.07) is 6.96. The van der Waals surface area contributed by atoms with Crippen LogP contribution in [0.5, 0.6) is 0 Å². The zero-order valence-corrected chi connectivity index (χ0v) is 17.5. The number of anilines is 1. The number of nitrogens with zero attached hydrogens (tertiary/aromatic N) is 3. The molecule has 7 nitrogen and oxygen atoms in total. The van der Waals surface area contributed by atoms with Crippen LogP contribution < -0.4 is 5.32 Å². The summed E-state index contributed by atoms with van der Waals surface area (Å²) in [4.78, 5) is 42.2. The summed E-state index contributed by atoms with van der Waals surface area (Å²) in [6.45, 7) is 3.89. The van der Waals surface area contributed by atoms with E-state index in [1.165, 1.54) is 4.90 Å². The lowest BCUT2D eigenvalue weighted by Gasteiger charge is -2.31. The van der Waals surface area contributed by atoms with E-state index in [-0.39, 0.29) is 11.8 Å². The summed E-state index contributed by atoms with van der Waals surface area (Å²) in [5, 5.41) is 2.90. The Morgan fingerprint density at radius 3 is 2.21 bits per heavy atom. The van der Waals surface area contributed by atoms with Crippen LogP contribution in [0.4, 0.5) is 5.69 Å². The van der Waals surface area contributed by atoms with E-state index >= 15 is 0 Å². The van der Waals surface area contributed by atoms with E-state index in [0.29, 0.717) is 36.0 Å². The molecule has 0 saturated carbocycles. The number of piperidine rings is 1. The largest absolute Gasteiger partial charge is 0.345 e. The van der Waals surface area contributed by atoms with Gasteiger partial charge in [-0.2, -0.15) is 0 Å². The predicted octanol–water partition coefficient (Wildman–Crippen LogP) is 2.05. The Balaban J connectivity index is 1.39. The second kappa shape index (κ2) is 9.87. The van der Waals surface area contributed by atoms with Crippen LogP contribution in [0.1, 0.15) is 42.5 Å². The molecule has 2 saturated heterocycles. The second-order valence-corrected chi connectivity index (χ2v) is 8.34. The van der Waals surface area contributed by atoms with Gasteiger partial charge in [-0.05, 0) is 69.0 Å². The zero-order valence-electron chi connectivity index (χ0n) is 17.5. The van der Waals surface area contributed by atoms with Crippen molar-refractivity contribution < 1.29 is 14.4 Å². The van der Waals surface area contributed by atoms with Crippen LogP contribution in [0.25, 0.3) is 0 Å². The molecule has 0 bridgehead atoms. The van der Waals surface area contributed by atoms with E-state index in [9.17, 15) is 14.4 Å². The Morgan fingerprint density at radius 1 is 1.00 bits per heavy atom. The molecule has 0 aromatic heterocycles. The van der Waals surface area contributed by atoms with Gasteiger partial charge in [0.2, 0.25) is 11.8 Å². The van der Waals surface area contributed by atoms with Gasteiger partial charge in [0.1, 0.15) is 0 Å². The summed E-state index contributed by atoms with van der Waals surface area (Å²) in [5.74, 6) is 0.622. The van der Waals surface area contributed by atoms with Crippen molar-refractivity contribution in [3.8, 4) is 0 Å². The maximum Gasteiger partial charge on any atom is 0.253 e. The Kier molecular flexibility index (Phi) is 7.25. The fourth-order valence-electron chi connectivity index (χ4n) is 4.05. The number of amides is 3. The molecule has 2 heterocycles. The lowest BCUT2D eigenvalue weighted by atomic mass is 9.93. The molecule has 29 heavy (non-hydrogen) atoms. The van der Waals surface area contributed by atoms with E-state index in [0.717, 1.165) is 51.9 Å². The van der Waals surface area contributed by atoms with Crippen LogP contribution in [0.2, 0.25) is 0 Å². The summed E-state index contributed by atoms with van der Waals surface area (Å²) >= 11 is 0. The Hall–Kier alpha value is -2.41. The Morgan fingerprint density at radius 2 is 1.62 bits per heavy atom. The Labute approximate surface area is 173 Å². The van der Waals surface area contributed by atoms with Crippen molar-refractivity contribution in [1.82, 2.24) is 14.7 Å². The molecule has 3 amide bonds. The number of likely N-dealkylation sites (tertiary alicyclic amines) is 2. The van der Waals surface area contributed by atoms with Gasteiger partial charge >= 0.3 is 0 Å². The molecule has 0 aliphatic carbocycles. The molecular formula is C22H32N4O3. The van der Waals surface area contributed by atoms with Crippen molar-refractivity contribution in [1.29, 1.82) is 0 Å². The fraction of sp³-hybridized carbons (Fsp3) is 0.591. The third kappa shape index (κ3) is 6.03. The van der Waals surface area contributed by atoms with Crippen molar-refractivity contribution in [3.05, 3.63) is 29.8 Å². The summed E-state index contributed by atoms with van der Waals surface area (Å²) in [7, 11) is 3.42. The molecule has 0 spiro atoms. The van der Waals surface area contributed by atoms with E-state index in [1.807, 2.05) is 4.90 Å². The standard InChI is InChI=1S/C22H32N4O3/c1-24(2)22(29)18-5-7-19(8-6-18)23-20(27)16-25-13-9-17(10-14-25)15-21(28)26-11-3-4-12-26/h5-8,17H,3-4,9-16H2,1-2H3,(H,23,27). The highest BCUT2D eigenvalue weighted by molar-refractivity contribution is 5.96. The van der Waals surface area contributed by atoms with Crippen LogP contribution in [0.15, 0.2) is 24.3 Å². The number of carbonyl (C=O) groups is 3. The van der Waals surface area contributed by atoms with E-state index in [1.54, 1.807) is 38.4 Å². The first-order chi connectivity index (χ1) is 13.9. The van der Waals surface area contributed by atoms with E-state index in [2.05, 4.69) is 10.2 Å². The average molecular weight is 401 g/mol. The molecule has 2 aliphatic rings. The monoisotopic (exact) mass is 400 g/mol. The third-order valence-electron chi connectivity index (χ3n) is 5.82. The topological polar surface area (TPSA) is 73.0 Å². The summed E-state index contributed by atoms with van der Waals surface area (Å²) in [5.41, 5.74) is 1.29. The van der Waals surface area contributed by atoms with E-state index in [4.69, 9.17) is 0 Å². The molecule has 7 heteroatoms. The predicted molar refractivity (Wildman–Crippen MR) is 113 cm³/mol. The van der Waals surface area contributed by atoms with Crippen LogP contribution in [0.3, 0.4) is 0 Å². The van der Waals surface area contributed by atoms with Crippen LogP contribution in [0, 0.1) is 5.92 Å². The number of benzene rings is 1. The maximum atomic E-state index is 12.4. The first-order valence-electron chi connectivity index (χ1n) is 10.5. The number of hydrogen-bond acceptors (Lipinski definition) is 4.